The SMILES string of the molecule is C=C(C)CCOc1nc(CCC)nc(NN)c1C. The van der Waals surface area contributed by atoms with Crippen molar-refractivity contribution in [2.75, 3.05) is 12.0 Å². The van der Waals surface area contributed by atoms with Crippen LogP contribution in [0.2, 0.25) is 0 Å². The number of aryl methyl sites for hydroxylation is 1. The molecule has 5 nitrogen and oxygen atoms in total. The first-order chi connectivity index (χ1) is 8.58. The smallest absolute Gasteiger partial charge is 0.221 e. The van der Waals surface area contributed by atoms with Gasteiger partial charge >= 0.3 is 0 Å². The number of rotatable bonds is 7. The Morgan fingerprint density at radius 2 is 2.17 bits per heavy atom. The van der Waals surface area contributed by atoms with Crippen LogP contribution in [0.5, 0.6) is 5.88 Å². The Morgan fingerprint density at radius 1 is 1.44 bits per heavy atom. The Kier molecular flexibility index (Phi) is 5.58. The number of nitrogens with one attached hydrogen (secondary N) is 1. The van der Waals surface area contributed by atoms with Gasteiger partial charge in [-0.25, -0.2) is 10.8 Å². The molecule has 0 aliphatic heterocycles. The summed E-state index contributed by atoms with van der Waals surface area (Å²) in [4.78, 5) is 8.75. The topological polar surface area (TPSA) is 73.1 Å². The minimum atomic E-state index is 0.572. The summed E-state index contributed by atoms with van der Waals surface area (Å²) < 4.78 is 5.67. The van der Waals surface area contributed by atoms with Crippen molar-refractivity contribution in [1.82, 2.24) is 9.97 Å². The van der Waals surface area contributed by atoms with Crippen molar-refractivity contribution < 1.29 is 4.74 Å². The summed E-state index contributed by atoms with van der Waals surface area (Å²) in [6, 6.07) is 0. The Labute approximate surface area is 108 Å². The first kappa shape index (κ1) is 14.4. The van der Waals surface area contributed by atoms with Gasteiger partial charge in [0.2, 0.25) is 5.88 Å². The van der Waals surface area contributed by atoms with Crippen molar-refractivity contribution in [3.8, 4) is 5.88 Å². The molecule has 3 N–H and O–H groups in total. The number of hydrazine groups is 1. The maximum Gasteiger partial charge on any atom is 0.221 e. The van der Waals surface area contributed by atoms with Crippen molar-refractivity contribution >= 4 is 5.82 Å². The van der Waals surface area contributed by atoms with Gasteiger partial charge in [0.1, 0.15) is 11.6 Å². The Balaban J connectivity index is 2.86. The quantitative estimate of drug-likeness (QED) is 0.441. The molecule has 0 spiro atoms. The molecule has 1 aromatic rings. The molecule has 0 bridgehead atoms. The number of anilines is 1. The van der Waals surface area contributed by atoms with Crippen LogP contribution in [0.4, 0.5) is 5.82 Å². The molecule has 5 heteroatoms. The number of nitrogen functional groups attached to an aromatic ring is 1. The van der Waals surface area contributed by atoms with Crippen LogP contribution in [0.1, 0.15) is 38.1 Å². The van der Waals surface area contributed by atoms with E-state index in [2.05, 4.69) is 28.9 Å². The highest BCUT2D eigenvalue weighted by Crippen LogP contribution is 2.22. The molecule has 0 aliphatic carbocycles. The number of nitrogens with zero attached hydrogens (tertiary/aromatic N) is 2. The van der Waals surface area contributed by atoms with Gasteiger partial charge in [-0.2, -0.15) is 4.98 Å². The lowest BCUT2D eigenvalue weighted by Crippen LogP contribution is -2.14. The van der Waals surface area contributed by atoms with Gasteiger partial charge in [-0.3, -0.25) is 0 Å². The predicted molar refractivity (Wildman–Crippen MR) is 73.5 cm³/mol. The average Bonchev–Trinajstić information content (AvgIpc) is 2.32. The maximum atomic E-state index is 5.67. The summed E-state index contributed by atoms with van der Waals surface area (Å²) in [5, 5.41) is 0. The Morgan fingerprint density at radius 3 is 2.72 bits per heavy atom. The van der Waals surface area contributed by atoms with E-state index in [0.717, 1.165) is 36.2 Å². The van der Waals surface area contributed by atoms with Gasteiger partial charge in [-0.1, -0.05) is 12.5 Å². The number of hydrogen-bond acceptors (Lipinski definition) is 5. The molecule has 1 aromatic heterocycles. The van der Waals surface area contributed by atoms with Gasteiger partial charge in [0.15, 0.2) is 0 Å². The molecule has 0 unspecified atom stereocenters. The van der Waals surface area contributed by atoms with Crippen LogP contribution in [0.15, 0.2) is 12.2 Å². The van der Waals surface area contributed by atoms with Crippen molar-refractivity contribution in [1.29, 1.82) is 0 Å². The number of ether oxygens (including phenoxy) is 1. The van der Waals surface area contributed by atoms with Gasteiger partial charge < -0.3 is 10.2 Å². The molecule has 0 fully saturated rings. The molecule has 100 valence electrons. The van der Waals surface area contributed by atoms with Gasteiger partial charge in [0.05, 0.1) is 12.2 Å². The highest BCUT2D eigenvalue weighted by molar-refractivity contribution is 5.47. The fraction of sp³-hybridized carbons (Fsp3) is 0.538. The van der Waals surface area contributed by atoms with Crippen molar-refractivity contribution in [2.45, 2.75) is 40.0 Å². The monoisotopic (exact) mass is 250 g/mol. The van der Waals surface area contributed by atoms with Crippen LogP contribution in [0.3, 0.4) is 0 Å². The summed E-state index contributed by atoms with van der Waals surface area (Å²) >= 11 is 0. The van der Waals surface area contributed by atoms with E-state index in [4.69, 9.17) is 10.6 Å². The molecule has 0 saturated carbocycles. The summed E-state index contributed by atoms with van der Waals surface area (Å²) in [5.74, 6) is 7.43. The Hall–Kier alpha value is -1.62. The number of hydrogen-bond donors (Lipinski definition) is 2. The zero-order valence-corrected chi connectivity index (χ0v) is 11.4. The zero-order valence-electron chi connectivity index (χ0n) is 11.4. The molecule has 0 amide bonds. The molecule has 0 saturated heterocycles. The van der Waals surface area contributed by atoms with Crippen molar-refractivity contribution in [2.24, 2.45) is 5.84 Å². The lowest BCUT2D eigenvalue weighted by Gasteiger charge is -2.12. The molecule has 1 heterocycles. The van der Waals surface area contributed by atoms with E-state index < -0.39 is 0 Å². The van der Waals surface area contributed by atoms with Crippen molar-refractivity contribution in [3.05, 3.63) is 23.5 Å². The minimum Gasteiger partial charge on any atom is -0.477 e. The van der Waals surface area contributed by atoms with Crippen LogP contribution in [-0.2, 0) is 6.42 Å². The fourth-order valence-corrected chi connectivity index (χ4v) is 1.48. The van der Waals surface area contributed by atoms with E-state index in [1.807, 2.05) is 13.8 Å². The molecular formula is C13H22N4O. The lowest BCUT2D eigenvalue weighted by atomic mass is 10.2. The van der Waals surface area contributed by atoms with Gasteiger partial charge in [-0.05, 0) is 20.3 Å². The molecule has 18 heavy (non-hydrogen) atoms. The van der Waals surface area contributed by atoms with E-state index in [1.165, 1.54) is 0 Å². The van der Waals surface area contributed by atoms with Crippen molar-refractivity contribution in [3.63, 3.8) is 0 Å². The van der Waals surface area contributed by atoms with E-state index in [1.54, 1.807) is 0 Å². The third kappa shape index (κ3) is 4.00. The highest BCUT2D eigenvalue weighted by Gasteiger charge is 2.11. The normalized spacial score (nSPS) is 10.2. The molecular weight excluding hydrogens is 228 g/mol. The molecule has 0 radical (unpaired) electrons. The standard InChI is InChI=1S/C13H22N4O/c1-5-6-11-15-12(17-14)10(4)13(16-11)18-8-7-9(2)3/h2,5-8,14H2,1,3-4H3,(H,15,16,17). The van der Waals surface area contributed by atoms with Gasteiger partial charge in [0, 0.05) is 12.8 Å². The summed E-state index contributed by atoms with van der Waals surface area (Å²) in [5.41, 5.74) is 4.51. The third-order valence-electron chi connectivity index (χ3n) is 2.53. The second-order valence-electron chi connectivity index (χ2n) is 4.37. The first-order valence-corrected chi connectivity index (χ1v) is 6.19. The van der Waals surface area contributed by atoms with E-state index in [0.29, 0.717) is 18.3 Å². The van der Waals surface area contributed by atoms with Crippen LogP contribution >= 0.6 is 0 Å². The second kappa shape index (κ2) is 6.96. The van der Waals surface area contributed by atoms with Crippen LogP contribution in [0.25, 0.3) is 0 Å². The van der Waals surface area contributed by atoms with Gasteiger partial charge in [0.25, 0.3) is 0 Å². The fourth-order valence-electron chi connectivity index (χ4n) is 1.48. The maximum absolute atomic E-state index is 5.67. The molecule has 1 rings (SSSR count). The number of nitrogens with two attached hydrogens (primary N) is 1. The predicted octanol–water partition coefficient (Wildman–Crippen LogP) is 2.37. The van der Waals surface area contributed by atoms with Crippen LogP contribution in [-0.4, -0.2) is 16.6 Å². The van der Waals surface area contributed by atoms with E-state index in [-0.39, 0.29) is 0 Å². The summed E-state index contributed by atoms with van der Waals surface area (Å²) in [7, 11) is 0. The second-order valence-corrected chi connectivity index (χ2v) is 4.37. The Bertz CT molecular complexity index is 418. The first-order valence-electron chi connectivity index (χ1n) is 6.19. The average molecular weight is 250 g/mol. The molecule has 0 aliphatic rings. The third-order valence-corrected chi connectivity index (χ3v) is 2.53. The summed E-state index contributed by atoms with van der Waals surface area (Å²) in [6.45, 7) is 10.4. The van der Waals surface area contributed by atoms with Crippen LogP contribution in [0, 0.1) is 6.92 Å². The highest BCUT2D eigenvalue weighted by atomic mass is 16.5. The lowest BCUT2D eigenvalue weighted by molar-refractivity contribution is 0.305. The molecule has 0 aromatic carbocycles. The summed E-state index contributed by atoms with van der Waals surface area (Å²) in [6.07, 6.45) is 2.61. The van der Waals surface area contributed by atoms with E-state index >= 15 is 0 Å². The number of aromatic nitrogens is 2. The minimum absolute atomic E-state index is 0.572. The van der Waals surface area contributed by atoms with Crippen LogP contribution < -0.4 is 16.0 Å². The molecule has 0 atom stereocenters. The van der Waals surface area contributed by atoms with E-state index in [9.17, 15) is 0 Å². The zero-order chi connectivity index (χ0) is 13.5. The van der Waals surface area contributed by atoms with Gasteiger partial charge in [-0.15, -0.1) is 6.58 Å². The largest absolute Gasteiger partial charge is 0.477 e.